The normalized spacial score (nSPS) is 11.9. The average Bonchev–Trinajstić information content (AvgIpc) is 3.41. The van der Waals surface area contributed by atoms with Gasteiger partial charge in [0.25, 0.3) is 16.0 Å². The molecule has 41 heavy (non-hydrogen) atoms. The lowest BCUT2D eigenvalue weighted by Gasteiger charge is -2.26. The average molecular weight is 577 g/mol. The van der Waals surface area contributed by atoms with Crippen molar-refractivity contribution in [3.63, 3.8) is 0 Å². The van der Waals surface area contributed by atoms with E-state index in [-0.39, 0.29) is 36.5 Å². The zero-order valence-corrected chi connectivity index (χ0v) is 23.2. The highest BCUT2D eigenvalue weighted by molar-refractivity contribution is 7.85. The van der Waals surface area contributed by atoms with E-state index < -0.39 is 39.4 Å². The van der Waals surface area contributed by atoms with Crippen molar-refractivity contribution in [1.82, 2.24) is 5.32 Å². The lowest BCUT2D eigenvalue weighted by molar-refractivity contribution is -0.121. The van der Waals surface area contributed by atoms with E-state index in [1.807, 2.05) is 19.1 Å². The van der Waals surface area contributed by atoms with Gasteiger partial charge in [0.05, 0.1) is 17.4 Å². The minimum Gasteiger partial charge on any atom is -0.440 e. The van der Waals surface area contributed by atoms with Crippen LogP contribution in [-0.2, 0) is 21.3 Å². The van der Waals surface area contributed by atoms with Crippen LogP contribution in [0.4, 0.5) is 16.0 Å². The number of halogens is 1. The van der Waals surface area contributed by atoms with Gasteiger partial charge in [-0.05, 0) is 48.4 Å². The Morgan fingerprint density at radius 3 is 2.46 bits per heavy atom. The van der Waals surface area contributed by atoms with Gasteiger partial charge in [-0.15, -0.1) is 11.8 Å². The van der Waals surface area contributed by atoms with Gasteiger partial charge in [0.15, 0.2) is 0 Å². The summed E-state index contributed by atoms with van der Waals surface area (Å²) in [5.41, 5.74) is 1.93. The number of carbonyl (C=O) groups is 2. The van der Waals surface area contributed by atoms with Crippen molar-refractivity contribution in [2.45, 2.75) is 26.2 Å². The number of benzene rings is 2. The maximum atomic E-state index is 15.1. The van der Waals surface area contributed by atoms with Crippen LogP contribution in [0.15, 0.2) is 83.3 Å². The van der Waals surface area contributed by atoms with Crippen LogP contribution in [0.5, 0.6) is 0 Å². The number of hydrogen-bond acceptors (Lipinski definition) is 5. The Labute approximate surface area is 238 Å². The van der Waals surface area contributed by atoms with Crippen LogP contribution in [0.2, 0.25) is 0 Å². The molecule has 0 bridgehead atoms. The number of fused-ring (bicyclic) bond motifs is 1. The SMILES string of the molecule is CCC#CCC(Cc1ccc(C(=O)NCCS(=O)(=O)O)cc1)C(=O)N(c1ccc2cccc-2o1)c1ccccc1F. The summed E-state index contributed by atoms with van der Waals surface area (Å²) in [6, 6.07) is 21.4. The van der Waals surface area contributed by atoms with Crippen LogP contribution in [0.25, 0.3) is 11.3 Å². The van der Waals surface area contributed by atoms with Crippen molar-refractivity contribution in [2.24, 2.45) is 5.92 Å². The highest BCUT2D eigenvalue weighted by atomic mass is 32.2. The molecule has 2 amide bonds. The molecular formula is C31H29FN2O6S. The topological polar surface area (TPSA) is 117 Å². The molecule has 4 rings (SSSR count). The van der Waals surface area contributed by atoms with E-state index in [0.717, 1.165) is 11.1 Å². The minimum absolute atomic E-state index is 0.0533. The molecule has 1 heterocycles. The molecule has 1 unspecified atom stereocenters. The number of para-hydroxylation sites is 1. The summed E-state index contributed by atoms with van der Waals surface area (Å²) in [5, 5.41) is 2.43. The number of carbonyl (C=O) groups excluding carboxylic acids is 2. The van der Waals surface area contributed by atoms with Crippen LogP contribution in [-0.4, -0.2) is 37.1 Å². The Balaban J connectivity index is 1.62. The van der Waals surface area contributed by atoms with Crippen LogP contribution in [0.1, 0.15) is 35.7 Å². The van der Waals surface area contributed by atoms with E-state index in [1.54, 1.807) is 54.6 Å². The fourth-order valence-electron chi connectivity index (χ4n) is 4.28. The summed E-state index contributed by atoms with van der Waals surface area (Å²) in [5.74, 6) is 4.01. The Morgan fingerprint density at radius 2 is 1.76 bits per heavy atom. The van der Waals surface area contributed by atoms with Crippen molar-refractivity contribution < 1.29 is 31.4 Å². The first kappa shape index (κ1) is 29.5. The maximum absolute atomic E-state index is 15.1. The van der Waals surface area contributed by atoms with Gasteiger partial charge in [0, 0.05) is 36.6 Å². The second-order valence-electron chi connectivity index (χ2n) is 9.30. The Morgan fingerprint density at radius 1 is 1.00 bits per heavy atom. The predicted molar refractivity (Wildman–Crippen MR) is 154 cm³/mol. The fourth-order valence-corrected chi connectivity index (χ4v) is 4.64. The largest absolute Gasteiger partial charge is 0.440 e. The van der Waals surface area contributed by atoms with E-state index in [1.165, 1.54) is 17.0 Å². The molecule has 8 nitrogen and oxygen atoms in total. The zero-order chi connectivity index (χ0) is 29.4. The summed E-state index contributed by atoms with van der Waals surface area (Å²) in [6.45, 7) is 1.67. The van der Waals surface area contributed by atoms with Gasteiger partial charge in [0.1, 0.15) is 11.6 Å². The van der Waals surface area contributed by atoms with Crippen molar-refractivity contribution in [2.75, 3.05) is 17.2 Å². The van der Waals surface area contributed by atoms with Gasteiger partial charge in [-0.3, -0.25) is 14.1 Å². The molecule has 0 spiro atoms. The number of amides is 2. The van der Waals surface area contributed by atoms with Gasteiger partial charge in [-0.25, -0.2) is 9.29 Å². The monoisotopic (exact) mass is 576 g/mol. The first-order valence-electron chi connectivity index (χ1n) is 13.0. The van der Waals surface area contributed by atoms with E-state index in [4.69, 9.17) is 8.97 Å². The lowest BCUT2D eigenvalue weighted by Crippen LogP contribution is -2.34. The quantitative estimate of drug-likeness (QED) is 0.191. The van der Waals surface area contributed by atoms with Crippen molar-refractivity contribution in [3.05, 3.63) is 95.8 Å². The van der Waals surface area contributed by atoms with E-state index in [2.05, 4.69) is 17.2 Å². The second-order valence-corrected chi connectivity index (χ2v) is 10.9. The number of nitrogens with zero attached hydrogens (tertiary/aromatic N) is 1. The molecule has 0 radical (unpaired) electrons. The van der Waals surface area contributed by atoms with Crippen molar-refractivity contribution in [1.29, 1.82) is 0 Å². The van der Waals surface area contributed by atoms with Gasteiger partial charge in [-0.1, -0.05) is 43.3 Å². The zero-order valence-electron chi connectivity index (χ0n) is 22.3. The Hall–Kier alpha value is -4.46. The minimum atomic E-state index is -4.19. The van der Waals surface area contributed by atoms with Crippen LogP contribution >= 0.6 is 0 Å². The highest BCUT2D eigenvalue weighted by Crippen LogP contribution is 2.35. The van der Waals surface area contributed by atoms with Crippen molar-refractivity contribution >= 4 is 33.5 Å². The third-order valence-corrected chi connectivity index (χ3v) is 7.03. The second kappa shape index (κ2) is 13.3. The van der Waals surface area contributed by atoms with Crippen LogP contribution in [0.3, 0.4) is 0 Å². The Kier molecular flexibility index (Phi) is 9.55. The van der Waals surface area contributed by atoms with Crippen LogP contribution < -0.4 is 10.2 Å². The summed E-state index contributed by atoms with van der Waals surface area (Å²) in [4.78, 5) is 27.7. The Bertz CT molecular complexity index is 1650. The van der Waals surface area contributed by atoms with Gasteiger partial charge in [0.2, 0.25) is 11.8 Å². The van der Waals surface area contributed by atoms with E-state index in [0.29, 0.717) is 12.2 Å². The molecule has 2 N–H and O–H groups in total. The maximum Gasteiger partial charge on any atom is 0.266 e. The first-order chi connectivity index (χ1) is 19.7. The summed E-state index contributed by atoms with van der Waals surface area (Å²) >= 11 is 0. The molecule has 1 aliphatic carbocycles. The summed E-state index contributed by atoms with van der Waals surface area (Å²) in [6.07, 6.45) is 1.09. The molecular weight excluding hydrogens is 547 g/mol. The molecule has 0 aromatic heterocycles. The number of hydrogen-bond donors (Lipinski definition) is 2. The van der Waals surface area contributed by atoms with Gasteiger partial charge in [-0.2, -0.15) is 8.42 Å². The summed E-state index contributed by atoms with van der Waals surface area (Å²) in [7, 11) is -4.19. The van der Waals surface area contributed by atoms with Crippen LogP contribution in [0, 0.1) is 23.6 Å². The van der Waals surface area contributed by atoms with Gasteiger partial charge < -0.3 is 9.73 Å². The molecule has 10 heteroatoms. The molecule has 0 fully saturated rings. The lowest BCUT2D eigenvalue weighted by atomic mass is 9.93. The van der Waals surface area contributed by atoms with E-state index in [9.17, 15) is 18.0 Å². The molecule has 2 aromatic carbocycles. The highest BCUT2D eigenvalue weighted by Gasteiger charge is 2.30. The van der Waals surface area contributed by atoms with E-state index >= 15 is 4.39 Å². The first-order valence-corrected chi connectivity index (χ1v) is 14.6. The molecule has 0 saturated carbocycles. The third-order valence-electron chi connectivity index (χ3n) is 6.31. The number of rotatable bonds is 10. The molecule has 1 aliphatic heterocycles. The standard InChI is InChI=1S/C31H29FN2O6S/c1-2-3-4-8-25(21-22-13-15-24(16-14-22)30(35)33-19-20-41(37,38)39)31(36)34(27-11-6-5-10-26(27)32)29-18-17-23-9-7-12-28(23)40-29/h5-7,9-18,25H,2,8,19-21H2,1H3,(H,33,35)(H,37,38,39). The number of nitrogens with one attached hydrogen (secondary N) is 1. The molecule has 212 valence electrons. The van der Waals surface area contributed by atoms with Gasteiger partial charge >= 0.3 is 0 Å². The predicted octanol–water partition coefficient (Wildman–Crippen LogP) is 5.47. The fraction of sp³-hybridized carbons (Fsp3) is 0.226. The molecule has 1 atom stereocenters. The number of anilines is 2. The molecule has 2 aromatic rings. The third kappa shape index (κ3) is 7.81. The molecule has 2 aliphatic rings. The smallest absolute Gasteiger partial charge is 0.266 e. The molecule has 0 saturated heterocycles. The summed E-state index contributed by atoms with van der Waals surface area (Å²) < 4.78 is 51.7. The van der Waals surface area contributed by atoms with Crippen molar-refractivity contribution in [3.8, 4) is 23.2 Å².